The molecule has 0 aromatic carbocycles. The molecule has 6 heteroatoms. The summed E-state index contributed by atoms with van der Waals surface area (Å²) in [6, 6.07) is 1.98. The van der Waals surface area contributed by atoms with Crippen LogP contribution in [0.1, 0.15) is 6.92 Å². The molecular weight excluding hydrogens is 228 g/mol. The molecule has 1 rings (SSSR count). The SMILES string of the molecule is CC1CN(C(=O)CSCC#N)CC(CO)O1. The highest BCUT2D eigenvalue weighted by molar-refractivity contribution is 8.00. The van der Waals surface area contributed by atoms with Crippen LogP contribution in [-0.2, 0) is 9.53 Å². The zero-order chi connectivity index (χ0) is 12.0. The van der Waals surface area contributed by atoms with Crippen LogP contribution in [0.5, 0.6) is 0 Å². The maximum absolute atomic E-state index is 11.7. The molecule has 1 amide bonds. The van der Waals surface area contributed by atoms with Crippen LogP contribution < -0.4 is 0 Å². The molecule has 0 bridgehead atoms. The Morgan fingerprint density at radius 3 is 3.06 bits per heavy atom. The number of amides is 1. The van der Waals surface area contributed by atoms with Crippen molar-refractivity contribution in [2.75, 3.05) is 31.2 Å². The van der Waals surface area contributed by atoms with Crippen molar-refractivity contribution < 1.29 is 14.6 Å². The van der Waals surface area contributed by atoms with Crippen LogP contribution in [0.4, 0.5) is 0 Å². The van der Waals surface area contributed by atoms with Gasteiger partial charge in [-0.15, -0.1) is 11.8 Å². The van der Waals surface area contributed by atoms with E-state index in [-0.39, 0.29) is 24.7 Å². The van der Waals surface area contributed by atoms with Gasteiger partial charge in [-0.1, -0.05) is 0 Å². The van der Waals surface area contributed by atoms with E-state index in [2.05, 4.69) is 0 Å². The number of nitrogens with zero attached hydrogens (tertiary/aromatic N) is 2. The molecule has 0 radical (unpaired) electrons. The lowest BCUT2D eigenvalue weighted by molar-refractivity contribution is -0.144. The van der Waals surface area contributed by atoms with Crippen LogP contribution in [0.3, 0.4) is 0 Å². The second-order valence-corrected chi connectivity index (χ2v) is 4.69. The molecule has 0 aliphatic carbocycles. The van der Waals surface area contributed by atoms with Crippen molar-refractivity contribution in [3.63, 3.8) is 0 Å². The van der Waals surface area contributed by atoms with E-state index in [9.17, 15) is 4.79 Å². The molecule has 1 fully saturated rings. The van der Waals surface area contributed by atoms with Gasteiger partial charge in [0.2, 0.25) is 5.91 Å². The lowest BCUT2D eigenvalue weighted by atomic mass is 10.2. The number of morpholine rings is 1. The normalized spacial score (nSPS) is 25.2. The quantitative estimate of drug-likeness (QED) is 0.696. The summed E-state index contributed by atoms with van der Waals surface area (Å²) in [5.41, 5.74) is 0. The van der Waals surface area contributed by atoms with Crippen molar-refractivity contribution in [2.45, 2.75) is 19.1 Å². The molecular formula is C10H16N2O3S. The van der Waals surface area contributed by atoms with E-state index >= 15 is 0 Å². The second kappa shape index (κ2) is 6.74. The number of aliphatic hydroxyl groups is 1. The van der Waals surface area contributed by atoms with Crippen molar-refractivity contribution in [1.82, 2.24) is 4.90 Å². The number of ether oxygens (including phenoxy) is 1. The summed E-state index contributed by atoms with van der Waals surface area (Å²) in [4.78, 5) is 13.4. The third-order valence-corrected chi connectivity index (χ3v) is 3.06. The van der Waals surface area contributed by atoms with E-state index in [1.807, 2.05) is 13.0 Å². The molecule has 0 saturated carbocycles. The first kappa shape index (κ1) is 13.3. The molecule has 90 valence electrons. The standard InChI is InChI=1S/C10H16N2O3S/c1-8-4-12(5-9(6-13)15-8)10(14)7-16-3-2-11/h8-9,13H,3-7H2,1H3. The van der Waals surface area contributed by atoms with Crippen LogP contribution in [0.25, 0.3) is 0 Å². The van der Waals surface area contributed by atoms with Gasteiger partial charge < -0.3 is 14.7 Å². The average Bonchev–Trinajstić information content (AvgIpc) is 2.28. The molecule has 16 heavy (non-hydrogen) atoms. The Balaban J connectivity index is 2.39. The Kier molecular flexibility index (Phi) is 5.60. The third kappa shape index (κ3) is 4.00. The third-order valence-electron chi connectivity index (χ3n) is 2.27. The molecule has 1 saturated heterocycles. The number of carbonyl (C=O) groups is 1. The Labute approximate surface area is 99.4 Å². The summed E-state index contributed by atoms with van der Waals surface area (Å²) in [6.07, 6.45) is -0.329. The van der Waals surface area contributed by atoms with Crippen molar-refractivity contribution >= 4 is 17.7 Å². The van der Waals surface area contributed by atoms with Crippen LogP contribution in [0.2, 0.25) is 0 Å². The van der Waals surface area contributed by atoms with Crippen LogP contribution >= 0.6 is 11.8 Å². The molecule has 0 spiro atoms. The van der Waals surface area contributed by atoms with Crippen molar-refractivity contribution in [2.24, 2.45) is 0 Å². The number of thioether (sulfide) groups is 1. The number of hydrogen-bond acceptors (Lipinski definition) is 5. The molecule has 0 aromatic rings. The van der Waals surface area contributed by atoms with Gasteiger partial charge in [0, 0.05) is 13.1 Å². The summed E-state index contributed by atoms with van der Waals surface area (Å²) in [5, 5.41) is 17.4. The Morgan fingerprint density at radius 1 is 1.69 bits per heavy atom. The highest BCUT2D eigenvalue weighted by Crippen LogP contribution is 2.12. The maximum Gasteiger partial charge on any atom is 0.232 e. The summed E-state index contributed by atoms with van der Waals surface area (Å²) < 4.78 is 5.44. The Bertz CT molecular complexity index is 280. The minimum absolute atomic E-state index is 0.00819. The molecule has 1 N–H and O–H groups in total. The van der Waals surface area contributed by atoms with Gasteiger partial charge in [0.05, 0.1) is 36.4 Å². The topological polar surface area (TPSA) is 73.6 Å². The minimum atomic E-state index is -0.284. The number of aliphatic hydroxyl groups excluding tert-OH is 1. The first-order valence-corrected chi connectivity index (χ1v) is 6.31. The fraction of sp³-hybridized carbons (Fsp3) is 0.800. The number of hydrogen-bond donors (Lipinski definition) is 1. The molecule has 1 aliphatic rings. The van der Waals surface area contributed by atoms with Gasteiger partial charge in [-0.3, -0.25) is 4.79 Å². The Morgan fingerprint density at radius 2 is 2.44 bits per heavy atom. The largest absolute Gasteiger partial charge is 0.394 e. The fourth-order valence-corrected chi connectivity index (χ4v) is 2.18. The maximum atomic E-state index is 11.7. The zero-order valence-corrected chi connectivity index (χ0v) is 10.1. The number of carbonyl (C=O) groups excluding carboxylic acids is 1. The van der Waals surface area contributed by atoms with Crippen LogP contribution in [0.15, 0.2) is 0 Å². The summed E-state index contributed by atoms with van der Waals surface area (Å²) in [7, 11) is 0. The zero-order valence-electron chi connectivity index (χ0n) is 9.26. The molecule has 2 atom stereocenters. The molecule has 1 aliphatic heterocycles. The predicted molar refractivity (Wildman–Crippen MR) is 60.9 cm³/mol. The highest BCUT2D eigenvalue weighted by atomic mass is 32.2. The van der Waals surface area contributed by atoms with E-state index in [0.29, 0.717) is 24.6 Å². The Hall–Kier alpha value is -0.770. The summed E-state index contributed by atoms with van der Waals surface area (Å²) >= 11 is 1.31. The second-order valence-electron chi connectivity index (χ2n) is 3.70. The minimum Gasteiger partial charge on any atom is -0.394 e. The number of nitriles is 1. The van der Waals surface area contributed by atoms with Gasteiger partial charge in [-0.25, -0.2) is 0 Å². The highest BCUT2D eigenvalue weighted by Gasteiger charge is 2.27. The lowest BCUT2D eigenvalue weighted by Crippen LogP contribution is -2.50. The van der Waals surface area contributed by atoms with Gasteiger partial charge >= 0.3 is 0 Å². The van der Waals surface area contributed by atoms with Gasteiger partial charge in [-0.05, 0) is 6.92 Å². The predicted octanol–water partition coefficient (Wildman–Crippen LogP) is -0.149. The van der Waals surface area contributed by atoms with E-state index in [4.69, 9.17) is 15.1 Å². The van der Waals surface area contributed by atoms with E-state index in [0.717, 1.165) is 0 Å². The van der Waals surface area contributed by atoms with E-state index in [1.54, 1.807) is 4.90 Å². The first-order valence-electron chi connectivity index (χ1n) is 5.16. The van der Waals surface area contributed by atoms with Gasteiger partial charge in [-0.2, -0.15) is 5.26 Å². The smallest absolute Gasteiger partial charge is 0.232 e. The van der Waals surface area contributed by atoms with Crippen LogP contribution in [-0.4, -0.2) is 59.3 Å². The van der Waals surface area contributed by atoms with Crippen molar-refractivity contribution in [1.29, 1.82) is 5.26 Å². The molecule has 0 aromatic heterocycles. The van der Waals surface area contributed by atoms with Crippen molar-refractivity contribution in [3.05, 3.63) is 0 Å². The monoisotopic (exact) mass is 244 g/mol. The number of rotatable bonds is 4. The van der Waals surface area contributed by atoms with E-state index < -0.39 is 0 Å². The van der Waals surface area contributed by atoms with Gasteiger partial charge in [0.1, 0.15) is 0 Å². The fourth-order valence-electron chi connectivity index (χ4n) is 1.62. The average molecular weight is 244 g/mol. The summed E-state index contributed by atoms with van der Waals surface area (Å²) in [6.45, 7) is 2.80. The lowest BCUT2D eigenvalue weighted by Gasteiger charge is -2.36. The summed E-state index contributed by atoms with van der Waals surface area (Å²) in [5.74, 6) is 0.655. The van der Waals surface area contributed by atoms with Gasteiger partial charge in [0.25, 0.3) is 0 Å². The van der Waals surface area contributed by atoms with E-state index in [1.165, 1.54) is 11.8 Å². The molecule has 2 unspecified atom stereocenters. The first-order chi connectivity index (χ1) is 7.67. The molecule has 1 heterocycles. The molecule has 5 nitrogen and oxygen atoms in total. The van der Waals surface area contributed by atoms with Crippen molar-refractivity contribution in [3.8, 4) is 6.07 Å². The van der Waals surface area contributed by atoms with Gasteiger partial charge in [0.15, 0.2) is 0 Å². The van der Waals surface area contributed by atoms with Crippen LogP contribution in [0, 0.1) is 11.3 Å².